The summed E-state index contributed by atoms with van der Waals surface area (Å²) in [5.41, 5.74) is 3.46. The fourth-order valence-corrected chi connectivity index (χ4v) is 2.12. The van der Waals surface area contributed by atoms with E-state index in [0.717, 1.165) is 11.1 Å². The molecule has 0 saturated carbocycles. The van der Waals surface area contributed by atoms with Crippen LogP contribution in [0.2, 0.25) is 0 Å². The molecule has 102 valence electrons. The molecule has 0 spiro atoms. The number of benzene rings is 1. The van der Waals surface area contributed by atoms with E-state index in [1.807, 2.05) is 12.4 Å². The minimum Gasteiger partial charge on any atom is -0.303 e. The van der Waals surface area contributed by atoms with Crippen LogP contribution in [0.1, 0.15) is 18.5 Å². The number of hydrogen-bond donors (Lipinski definition) is 0. The molecular formula is C15H17N5. The zero-order chi connectivity index (χ0) is 14.1. The van der Waals surface area contributed by atoms with E-state index in [-0.39, 0.29) is 0 Å². The lowest BCUT2D eigenvalue weighted by molar-refractivity contribution is 0.321. The molecular weight excluding hydrogens is 250 g/mol. The highest BCUT2D eigenvalue weighted by molar-refractivity contribution is 5.62. The molecule has 5 heteroatoms. The first kappa shape index (κ1) is 12.7. The third-order valence-electron chi connectivity index (χ3n) is 3.64. The highest BCUT2D eigenvalue weighted by Gasteiger charge is 2.08. The molecule has 2 aromatic heterocycles. The molecule has 0 aliphatic rings. The molecule has 1 atom stereocenters. The lowest BCUT2D eigenvalue weighted by atomic mass is 10.0. The van der Waals surface area contributed by atoms with Crippen molar-refractivity contribution in [2.75, 3.05) is 14.1 Å². The zero-order valence-corrected chi connectivity index (χ0v) is 11.9. The van der Waals surface area contributed by atoms with E-state index in [9.17, 15) is 0 Å². The quantitative estimate of drug-likeness (QED) is 0.731. The van der Waals surface area contributed by atoms with Crippen molar-refractivity contribution in [2.24, 2.45) is 0 Å². The second-order valence-electron chi connectivity index (χ2n) is 5.11. The van der Waals surface area contributed by atoms with Crippen LogP contribution < -0.4 is 0 Å². The van der Waals surface area contributed by atoms with Gasteiger partial charge in [-0.1, -0.05) is 24.3 Å². The number of hydrogen-bond acceptors (Lipinski definition) is 4. The van der Waals surface area contributed by atoms with Gasteiger partial charge in [-0.25, -0.2) is 9.50 Å². The van der Waals surface area contributed by atoms with E-state index in [1.54, 1.807) is 4.52 Å². The van der Waals surface area contributed by atoms with Crippen molar-refractivity contribution in [2.45, 2.75) is 13.0 Å². The van der Waals surface area contributed by atoms with Crippen LogP contribution in [0.3, 0.4) is 0 Å². The van der Waals surface area contributed by atoms with Gasteiger partial charge >= 0.3 is 0 Å². The van der Waals surface area contributed by atoms with Crippen molar-refractivity contribution in [1.82, 2.24) is 24.5 Å². The summed E-state index contributed by atoms with van der Waals surface area (Å²) in [7, 11) is 4.17. The van der Waals surface area contributed by atoms with Crippen molar-refractivity contribution in [3.63, 3.8) is 0 Å². The molecule has 0 radical (unpaired) electrons. The molecule has 0 amide bonds. The molecule has 0 N–H and O–H groups in total. The summed E-state index contributed by atoms with van der Waals surface area (Å²) < 4.78 is 1.69. The SMILES string of the molecule is CC(c1ccc(-c2cnc3ncnn3c2)cc1)N(C)C. The van der Waals surface area contributed by atoms with Gasteiger partial charge in [0.2, 0.25) is 0 Å². The van der Waals surface area contributed by atoms with Crippen LogP contribution in [0.4, 0.5) is 0 Å². The Morgan fingerprint density at radius 1 is 1.05 bits per heavy atom. The van der Waals surface area contributed by atoms with Gasteiger partial charge in [-0.05, 0) is 32.1 Å². The molecule has 3 aromatic rings. The topological polar surface area (TPSA) is 46.3 Å². The van der Waals surface area contributed by atoms with Gasteiger partial charge in [0.05, 0.1) is 0 Å². The van der Waals surface area contributed by atoms with Gasteiger partial charge in [0, 0.05) is 24.0 Å². The van der Waals surface area contributed by atoms with E-state index >= 15 is 0 Å². The first-order chi connectivity index (χ1) is 9.65. The molecule has 0 saturated heterocycles. The fraction of sp³-hybridized carbons (Fsp3) is 0.267. The highest BCUT2D eigenvalue weighted by Crippen LogP contribution is 2.23. The first-order valence-electron chi connectivity index (χ1n) is 6.57. The third kappa shape index (κ3) is 2.28. The molecule has 5 nitrogen and oxygen atoms in total. The van der Waals surface area contributed by atoms with Crippen LogP contribution in [-0.2, 0) is 0 Å². The maximum atomic E-state index is 4.28. The van der Waals surface area contributed by atoms with Gasteiger partial charge in [-0.15, -0.1) is 0 Å². The van der Waals surface area contributed by atoms with E-state index in [0.29, 0.717) is 11.8 Å². The third-order valence-corrected chi connectivity index (χ3v) is 3.64. The fourth-order valence-electron chi connectivity index (χ4n) is 2.12. The predicted octanol–water partition coefficient (Wildman–Crippen LogP) is 2.41. The van der Waals surface area contributed by atoms with Crippen molar-refractivity contribution >= 4 is 5.78 Å². The number of fused-ring (bicyclic) bond motifs is 1. The van der Waals surface area contributed by atoms with Gasteiger partial charge in [-0.2, -0.15) is 10.1 Å². The highest BCUT2D eigenvalue weighted by atomic mass is 15.3. The number of nitrogens with zero attached hydrogens (tertiary/aromatic N) is 5. The van der Waals surface area contributed by atoms with E-state index in [4.69, 9.17) is 0 Å². The molecule has 1 unspecified atom stereocenters. The molecule has 0 bridgehead atoms. The standard InChI is InChI=1S/C15H17N5/c1-11(19(2)3)12-4-6-13(7-5-12)14-8-16-15-17-10-18-20(15)9-14/h4-11H,1-3H3. The molecule has 0 aliphatic heterocycles. The van der Waals surface area contributed by atoms with Crippen LogP contribution in [0, 0.1) is 0 Å². The average molecular weight is 267 g/mol. The lowest BCUT2D eigenvalue weighted by Gasteiger charge is -2.20. The van der Waals surface area contributed by atoms with Crippen LogP contribution in [-0.4, -0.2) is 38.6 Å². The second kappa shape index (κ2) is 5.02. The normalized spacial score (nSPS) is 13.0. The summed E-state index contributed by atoms with van der Waals surface area (Å²) >= 11 is 0. The van der Waals surface area contributed by atoms with Crippen LogP contribution in [0.5, 0.6) is 0 Å². The van der Waals surface area contributed by atoms with Gasteiger partial charge in [-0.3, -0.25) is 0 Å². The molecule has 0 fully saturated rings. The summed E-state index contributed by atoms with van der Waals surface area (Å²) in [6.07, 6.45) is 5.28. The van der Waals surface area contributed by atoms with E-state index in [2.05, 4.69) is 65.3 Å². The molecule has 2 heterocycles. The number of aromatic nitrogens is 4. The van der Waals surface area contributed by atoms with Crippen LogP contribution >= 0.6 is 0 Å². The number of rotatable bonds is 3. The largest absolute Gasteiger partial charge is 0.303 e. The molecule has 1 aromatic carbocycles. The van der Waals surface area contributed by atoms with Gasteiger partial charge in [0.1, 0.15) is 6.33 Å². The maximum Gasteiger partial charge on any atom is 0.252 e. The Bertz CT molecular complexity index is 714. The average Bonchev–Trinajstić information content (AvgIpc) is 2.94. The predicted molar refractivity (Wildman–Crippen MR) is 78.3 cm³/mol. The van der Waals surface area contributed by atoms with Crippen LogP contribution in [0.15, 0.2) is 43.0 Å². The van der Waals surface area contributed by atoms with E-state index in [1.165, 1.54) is 11.9 Å². The van der Waals surface area contributed by atoms with Crippen molar-refractivity contribution < 1.29 is 0 Å². The summed E-state index contributed by atoms with van der Waals surface area (Å²) in [4.78, 5) is 10.5. The Hall–Kier alpha value is -2.27. The second-order valence-corrected chi connectivity index (χ2v) is 5.11. The lowest BCUT2D eigenvalue weighted by Crippen LogP contribution is -2.16. The molecule has 20 heavy (non-hydrogen) atoms. The maximum absolute atomic E-state index is 4.28. The van der Waals surface area contributed by atoms with Gasteiger partial charge in [0.15, 0.2) is 0 Å². The summed E-state index contributed by atoms with van der Waals surface area (Å²) in [6, 6.07) is 8.96. The smallest absolute Gasteiger partial charge is 0.252 e. The Labute approximate surface area is 117 Å². The monoisotopic (exact) mass is 267 g/mol. The summed E-state index contributed by atoms with van der Waals surface area (Å²) in [5, 5.41) is 4.11. The minimum absolute atomic E-state index is 0.403. The Balaban J connectivity index is 1.94. The zero-order valence-electron chi connectivity index (χ0n) is 11.9. The van der Waals surface area contributed by atoms with Gasteiger partial charge < -0.3 is 4.90 Å². The Morgan fingerprint density at radius 3 is 2.50 bits per heavy atom. The minimum atomic E-state index is 0.403. The summed E-state index contributed by atoms with van der Waals surface area (Å²) in [6.45, 7) is 2.19. The molecule has 0 aliphatic carbocycles. The first-order valence-corrected chi connectivity index (χ1v) is 6.57. The van der Waals surface area contributed by atoms with E-state index < -0.39 is 0 Å². The Morgan fingerprint density at radius 2 is 1.80 bits per heavy atom. The van der Waals surface area contributed by atoms with Crippen molar-refractivity contribution in [3.8, 4) is 11.1 Å². The van der Waals surface area contributed by atoms with Gasteiger partial charge in [0.25, 0.3) is 5.78 Å². The summed E-state index contributed by atoms with van der Waals surface area (Å²) in [5.74, 6) is 0.617. The molecule has 3 rings (SSSR count). The van der Waals surface area contributed by atoms with Crippen molar-refractivity contribution in [1.29, 1.82) is 0 Å². The Kier molecular flexibility index (Phi) is 3.20. The van der Waals surface area contributed by atoms with Crippen molar-refractivity contribution in [3.05, 3.63) is 48.5 Å². The van der Waals surface area contributed by atoms with Crippen LogP contribution in [0.25, 0.3) is 16.9 Å².